The molecule has 3 aromatic heterocycles. The van der Waals surface area contributed by atoms with Crippen molar-refractivity contribution in [2.45, 2.75) is 13.5 Å². The van der Waals surface area contributed by atoms with Gasteiger partial charge in [-0.05, 0) is 49.9 Å². The van der Waals surface area contributed by atoms with Crippen molar-refractivity contribution in [1.29, 1.82) is 0 Å². The van der Waals surface area contributed by atoms with E-state index in [9.17, 15) is 9.59 Å². The molecule has 4 heterocycles. The number of nitrogens with one attached hydrogen (secondary N) is 1. The highest BCUT2D eigenvalue weighted by Gasteiger charge is 2.20. The minimum Gasteiger partial charge on any atom is -0.369 e. The fraction of sp³-hybridized carbons (Fsp3) is 0.321. The van der Waals surface area contributed by atoms with Gasteiger partial charge in [-0.2, -0.15) is 4.98 Å². The second-order valence-corrected chi connectivity index (χ2v) is 9.94. The number of hydrogen-bond donors (Lipinski definition) is 1. The van der Waals surface area contributed by atoms with Crippen LogP contribution in [0.4, 0.5) is 17.3 Å². The number of aryl methyl sites for hydroxylation is 1. The zero-order valence-corrected chi connectivity index (χ0v) is 22.8. The average molecular weight is 528 g/mol. The topological polar surface area (TPSA) is 104 Å². The first-order chi connectivity index (χ1) is 18.8. The molecule has 0 radical (unpaired) electrons. The Balaban J connectivity index is 1.52. The third-order valence-corrected chi connectivity index (χ3v) is 6.89. The van der Waals surface area contributed by atoms with Crippen molar-refractivity contribution in [2.24, 2.45) is 0 Å². The lowest BCUT2D eigenvalue weighted by Crippen LogP contribution is -2.44. The minimum atomic E-state index is -0.269. The van der Waals surface area contributed by atoms with E-state index in [2.05, 4.69) is 57.8 Å². The zero-order chi connectivity index (χ0) is 27.7. The Morgan fingerprint density at radius 1 is 1.13 bits per heavy atom. The fourth-order valence-electron chi connectivity index (χ4n) is 4.80. The van der Waals surface area contributed by atoms with E-state index in [1.165, 1.54) is 21.5 Å². The summed E-state index contributed by atoms with van der Waals surface area (Å²) in [6.07, 6.45) is 4.69. The maximum absolute atomic E-state index is 13.2. The van der Waals surface area contributed by atoms with E-state index in [1.54, 1.807) is 43.2 Å². The van der Waals surface area contributed by atoms with E-state index in [1.807, 2.05) is 6.07 Å². The normalized spacial score (nSPS) is 14.0. The third kappa shape index (κ3) is 5.13. The lowest BCUT2D eigenvalue weighted by atomic mass is 10.1. The van der Waals surface area contributed by atoms with Gasteiger partial charge < -0.3 is 20.0 Å². The van der Waals surface area contributed by atoms with Crippen LogP contribution in [0.15, 0.2) is 60.2 Å². The molecule has 1 aliphatic rings. The zero-order valence-electron chi connectivity index (χ0n) is 22.8. The SMILES string of the molecule is C=CCn1c(=O)c2cnc(Nc3ccc(N4CCN(C)CC4)c(C)c3)nc2n1-c1cc(C(=O)N(C)C)ccn1. The second kappa shape index (κ2) is 10.7. The van der Waals surface area contributed by atoms with Crippen molar-refractivity contribution in [3.63, 3.8) is 0 Å². The highest BCUT2D eigenvalue weighted by atomic mass is 16.2. The molecule has 0 atom stereocenters. The number of hydrogen-bond acceptors (Lipinski definition) is 8. The molecule has 0 saturated carbocycles. The van der Waals surface area contributed by atoms with Gasteiger partial charge in [-0.3, -0.25) is 9.59 Å². The van der Waals surface area contributed by atoms with Gasteiger partial charge in [-0.25, -0.2) is 19.3 Å². The highest BCUT2D eigenvalue weighted by molar-refractivity contribution is 5.94. The Labute approximate surface area is 227 Å². The number of benzene rings is 1. The Morgan fingerprint density at radius 2 is 1.90 bits per heavy atom. The predicted molar refractivity (Wildman–Crippen MR) is 153 cm³/mol. The number of fused-ring (bicyclic) bond motifs is 1. The molecule has 1 saturated heterocycles. The molecule has 4 aromatic rings. The molecule has 0 spiro atoms. The third-order valence-electron chi connectivity index (χ3n) is 6.89. The molecule has 1 aromatic carbocycles. The quantitative estimate of drug-likeness (QED) is 0.366. The van der Waals surface area contributed by atoms with Crippen LogP contribution in [0, 0.1) is 6.92 Å². The standard InChI is InChI=1S/C28H33N9O2/c1-6-11-36-27(39)22-18-30-28(31-21-7-8-23(19(2)16-21)35-14-12-34(5)13-15-35)32-25(22)37(36)24-17-20(9-10-29-24)26(38)33(3)4/h6-10,16-18H,1,11-15H2,2-5H3,(H,30,31,32). The predicted octanol–water partition coefficient (Wildman–Crippen LogP) is 2.67. The van der Waals surface area contributed by atoms with E-state index >= 15 is 0 Å². The minimum absolute atomic E-state index is 0.167. The first kappa shape index (κ1) is 26.1. The van der Waals surface area contributed by atoms with Crippen molar-refractivity contribution in [3.8, 4) is 5.82 Å². The summed E-state index contributed by atoms with van der Waals surface area (Å²) in [6.45, 7) is 10.2. The summed E-state index contributed by atoms with van der Waals surface area (Å²) >= 11 is 0. The van der Waals surface area contributed by atoms with Gasteiger partial charge in [0.1, 0.15) is 5.39 Å². The van der Waals surface area contributed by atoms with E-state index in [-0.39, 0.29) is 18.0 Å². The van der Waals surface area contributed by atoms with Crippen molar-refractivity contribution in [1.82, 2.24) is 34.1 Å². The molecule has 11 nitrogen and oxygen atoms in total. The molecule has 1 fully saturated rings. The summed E-state index contributed by atoms with van der Waals surface area (Å²) in [5, 5.41) is 3.63. The second-order valence-electron chi connectivity index (χ2n) is 9.94. The Kier molecular flexibility index (Phi) is 7.16. The Morgan fingerprint density at radius 3 is 2.59 bits per heavy atom. The number of pyridine rings is 1. The van der Waals surface area contributed by atoms with Gasteiger partial charge in [0.25, 0.3) is 11.5 Å². The smallest absolute Gasteiger partial charge is 0.278 e. The summed E-state index contributed by atoms with van der Waals surface area (Å²) in [5.74, 6) is 0.577. The largest absolute Gasteiger partial charge is 0.369 e. The Hall–Kier alpha value is -4.51. The first-order valence-electron chi connectivity index (χ1n) is 12.9. The number of aromatic nitrogens is 5. The maximum Gasteiger partial charge on any atom is 0.278 e. The maximum atomic E-state index is 13.2. The molecule has 11 heteroatoms. The van der Waals surface area contributed by atoms with Crippen molar-refractivity contribution < 1.29 is 4.79 Å². The van der Waals surface area contributed by atoms with E-state index in [0.717, 1.165) is 37.4 Å². The lowest BCUT2D eigenvalue weighted by molar-refractivity contribution is 0.0827. The van der Waals surface area contributed by atoms with Crippen LogP contribution in [0.1, 0.15) is 15.9 Å². The van der Waals surface area contributed by atoms with Crippen LogP contribution in [-0.4, -0.2) is 87.3 Å². The summed E-state index contributed by atoms with van der Waals surface area (Å²) < 4.78 is 3.09. The number of anilines is 3. The van der Waals surface area contributed by atoms with Gasteiger partial charge in [0.2, 0.25) is 5.95 Å². The van der Waals surface area contributed by atoms with Crippen LogP contribution < -0.4 is 15.8 Å². The summed E-state index contributed by atoms with van der Waals surface area (Å²) in [5.41, 5.74) is 3.79. The van der Waals surface area contributed by atoms with Crippen LogP contribution >= 0.6 is 0 Å². The summed E-state index contributed by atoms with van der Waals surface area (Å²) in [7, 11) is 5.52. The van der Waals surface area contributed by atoms with Gasteiger partial charge in [-0.1, -0.05) is 6.08 Å². The number of piperazine rings is 1. The van der Waals surface area contributed by atoms with E-state index in [0.29, 0.717) is 28.4 Å². The molecule has 0 unspecified atom stereocenters. The molecule has 1 aliphatic heterocycles. The highest BCUT2D eigenvalue weighted by Crippen LogP contribution is 2.26. The molecule has 1 amide bonds. The van der Waals surface area contributed by atoms with Gasteiger partial charge in [0.05, 0.1) is 6.54 Å². The number of amides is 1. The molecule has 202 valence electrons. The van der Waals surface area contributed by atoms with Gasteiger partial charge in [0, 0.05) is 69.6 Å². The molecule has 39 heavy (non-hydrogen) atoms. The van der Waals surface area contributed by atoms with E-state index in [4.69, 9.17) is 4.98 Å². The first-order valence-corrected chi connectivity index (χ1v) is 12.9. The van der Waals surface area contributed by atoms with E-state index < -0.39 is 0 Å². The van der Waals surface area contributed by atoms with Crippen LogP contribution in [0.3, 0.4) is 0 Å². The monoisotopic (exact) mass is 527 g/mol. The average Bonchev–Trinajstić information content (AvgIpc) is 3.20. The van der Waals surface area contributed by atoms with Crippen molar-refractivity contribution >= 4 is 34.3 Å². The molecule has 0 bridgehead atoms. The van der Waals surface area contributed by atoms with Crippen LogP contribution in [0.25, 0.3) is 16.9 Å². The molecular formula is C28H33N9O2. The van der Waals surface area contributed by atoms with Crippen molar-refractivity contribution in [2.75, 3.05) is 57.5 Å². The molecule has 5 rings (SSSR count). The number of carbonyl (C=O) groups is 1. The van der Waals surface area contributed by atoms with Crippen LogP contribution in [-0.2, 0) is 6.54 Å². The number of rotatable bonds is 7. The molecule has 1 N–H and O–H groups in total. The van der Waals surface area contributed by atoms with Crippen LogP contribution in [0.2, 0.25) is 0 Å². The summed E-state index contributed by atoms with van der Waals surface area (Å²) in [4.78, 5) is 45.7. The van der Waals surface area contributed by atoms with Crippen LogP contribution in [0.5, 0.6) is 0 Å². The number of nitrogens with zero attached hydrogens (tertiary/aromatic N) is 8. The fourth-order valence-corrected chi connectivity index (χ4v) is 4.80. The number of allylic oxidation sites excluding steroid dienone is 1. The van der Waals surface area contributed by atoms with Gasteiger partial charge in [0.15, 0.2) is 11.5 Å². The molecule has 0 aliphatic carbocycles. The summed E-state index contributed by atoms with van der Waals surface area (Å²) in [6, 6.07) is 9.51. The lowest BCUT2D eigenvalue weighted by Gasteiger charge is -2.35. The number of likely N-dealkylation sites (N-methyl/N-ethyl adjacent to an activating group) is 1. The Bertz CT molecular complexity index is 1600. The van der Waals surface area contributed by atoms with Gasteiger partial charge in [-0.15, -0.1) is 6.58 Å². The molecular weight excluding hydrogens is 494 g/mol. The van der Waals surface area contributed by atoms with Crippen molar-refractivity contribution in [3.05, 3.63) is 76.9 Å². The number of carbonyl (C=O) groups excluding carboxylic acids is 1. The van der Waals surface area contributed by atoms with Gasteiger partial charge >= 0.3 is 0 Å².